The molecule has 0 fully saturated rings. The summed E-state index contributed by atoms with van der Waals surface area (Å²) in [6.07, 6.45) is 1.18. The van der Waals surface area contributed by atoms with E-state index in [9.17, 15) is 9.59 Å². The molecule has 3 aromatic rings. The molecule has 2 aliphatic rings. The van der Waals surface area contributed by atoms with Crippen LogP contribution in [0.25, 0.3) is 0 Å². The van der Waals surface area contributed by atoms with Crippen molar-refractivity contribution in [1.82, 2.24) is 9.97 Å². The van der Waals surface area contributed by atoms with Gasteiger partial charge in [0.05, 0.1) is 5.56 Å². The Bertz CT molecular complexity index is 1380. The minimum atomic E-state index is -0.453. The van der Waals surface area contributed by atoms with Gasteiger partial charge in [0.2, 0.25) is 0 Å². The molecule has 174 valence electrons. The second-order valence-corrected chi connectivity index (χ2v) is 11.8. The number of halogens is 2. The normalized spacial score (nSPS) is 18.8. The van der Waals surface area contributed by atoms with Gasteiger partial charge in [0.1, 0.15) is 5.82 Å². The lowest BCUT2D eigenvalue weighted by Crippen LogP contribution is -2.37. The van der Waals surface area contributed by atoms with Crippen LogP contribution in [0.3, 0.4) is 0 Å². The molecule has 1 aromatic heterocycles. The van der Waals surface area contributed by atoms with E-state index in [1.54, 1.807) is 0 Å². The Kier molecular flexibility index (Phi) is 6.21. The van der Waals surface area contributed by atoms with Crippen LogP contribution in [0.4, 0.5) is 5.82 Å². The van der Waals surface area contributed by atoms with E-state index < -0.39 is 5.92 Å². The molecule has 0 spiro atoms. The zero-order valence-electron chi connectivity index (χ0n) is 18.7. The third kappa shape index (κ3) is 4.61. The van der Waals surface area contributed by atoms with Crippen molar-refractivity contribution in [2.24, 2.45) is 5.41 Å². The van der Waals surface area contributed by atoms with Crippen LogP contribution in [-0.2, 0) is 10.5 Å². The monoisotopic (exact) mass is 555 g/mol. The lowest BCUT2D eigenvalue weighted by Gasteiger charge is -2.38. The van der Waals surface area contributed by atoms with E-state index in [0.29, 0.717) is 39.3 Å². The van der Waals surface area contributed by atoms with Crippen molar-refractivity contribution >= 4 is 50.9 Å². The number of nitrogens with one attached hydrogen (secondary N) is 2. The molecule has 5 nitrogen and oxygen atoms in total. The fourth-order valence-electron chi connectivity index (χ4n) is 4.73. The SMILES string of the molecule is CC1(C)CC(=O)C2=C(C1)Nc1nc(SCc3cccc(Cl)c3)[nH]c(=O)c1[C@H]2c1ccc(Br)cc1. The number of carbonyl (C=O) groups is 1. The average Bonchev–Trinajstić information content (AvgIpc) is 2.76. The van der Waals surface area contributed by atoms with Crippen molar-refractivity contribution in [3.63, 3.8) is 0 Å². The third-order valence-electron chi connectivity index (χ3n) is 6.17. The lowest BCUT2D eigenvalue weighted by molar-refractivity contribution is -0.118. The molecule has 5 rings (SSSR count). The highest BCUT2D eigenvalue weighted by molar-refractivity contribution is 9.10. The number of aromatic nitrogens is 2. The van der Waals surface area contributed by atoms with E-state index in [4.69, 9.17) is 16.6 Å². The number of Topliss-reactive ketones (excluding diaryl/α,β-unsaturated/α-hetero) is 1. The van der Waals surface area contributed by atoms with E-state index >= 15 is 0 Å². The van der Waals surface area contributed by atoms with E-state index in [-0.39, 0.29) is 16.8 Å². The smallest absolute Gasteiger partial charge is 0.257 e. The molecule has 0 radical (unpaired) electrons. The van der Waals surface area contributed by atoms with Crippen molar-refractivity contribution in [3.05, 3.63) is 96.3 Å². The Morgan fingerprint density at radius 3 is 2.65 bits per heavy atom. The minimum Gasteiger partial charge on any atom is -0.343 e. The van der Waals surface area contributed by atoms with Crippen molar-refractivity contribution in [2.75, 3.05) is 5.32 Å². The molecule has 0 unspecified atom stereocenters. The zero-order valence-corrected chi connectivity index (χ0v) is 21.9. The highest BCUT2D eigenvalue weighted by atomic mass is 79.9. The predicted molar refractivity (Wildman–Crippen MR) is 141 cm³/mol. The fourth-order valence-corrected chi connectivity index (χ4v) is 6.01. The number of fused-ring (bicyclic) bond motifs is 1. The van der Waals surface area contributed by atoms with E-state index in [2.05, 4.69) is 40.1 Å². The number of rotatable bonds is 4. The Morgan fingerprint density at radius 1 is 1.15 bits per heavy atom. The van der Waals surface area contributed by atoms with E-state index in [1.807, 2.05) is 48.5 Å². The summed E-state index contributed by atoms with van der Waals surface area (Å²) in [5.74, 6) is 0.773. The molecule has 1 atom stereocenters. The number of hydrogen-bond acceptors (Lipinski definition) is 5. The molecule has 1 aliphatic carbocycles. The summed E-state index contributed by atoms with van der Waals surface area (Å²) in [5, 5.41) is 4.57. The van der Waals surface area contributed by atoms with Gasteiger partial charge in [-0.05, 0) is 47.2 Å². The van der Waals surface area contributed by atoms with Crippen LogP contribution in [0, 0.1) is 5.41 Å². The first kappa shape index (κ1) is 23.4. The molecule has 2 N–H and O–H groups in total. The van der Waals surface area contributed by atoms with Gasteiger partial charge in [-0.25, -0.2) is 4.98 Å². The van der Waals surface area contributed by atoms with E-state index in [0.717, 1.165) is 27.7 Å². The largest absolute Gasteiger partial charge is 0.343 e. The number of hydrogen-bond donors (Lipinski definition) is 2. The predicted octanol–water partition coefficient (Wildman–Crippen LogP) is 6.68. The van der Waals surface area contributed by atoms with Gasteiger partial charge >= 0.3 is 0 Å². The Balaban J connectivity index is 1.58. The second-order valence-electron chi connectivity index (χ2n) is 9.49. The number of anilines is 1. The summed E-state index contributed by atoms with van der Waals surface area (Å²) in [6, 6.07) is 15.4. The van der Waals surface area contributed by atoms with Gasteiger partial charge < -0.3 is 10.3 Å². The molecule has 0 amide bonds. The van der Waals surface area contributed by atoms with Crippen molar-refractivity contribution in [3.8, 4) is 0 Å². The summed E-state index contributed by atoms with van der Waals surface area (Å²) in [5.41, 5.74) is 3.59. The highest BCUT2D eigenvalue weighted by Gasteiger charge is 2.42. The molecule has 1 aliphatic heterocycles. The topological polar surface area (TPSA) is 74.8 Å². The number of thioether (sulfide) groups is 1. The van der Waals surface area contributed by atoms with Gasteiger partial charge in [0.15, 0.2) is 10.9 Å². The molecule has 34 heavy (non-hydrogen) atoms. The van der Waals surface area contributed by atoms with Crippen LogP contribution in [0.5, 0.6) is 0 Å². The Morgan fingerprint density at radius 2 is 1.91 bits per heavy atom. The first-order valence-corrected chi connectivity index (χ1v) is 13.2. The van der Waals surface area contributed by atoms with Gasteiger partial charge in [-0.3, -0.25) is 9.59 Å². The first-order valence-electron chi connectivity index (χ1n) is 11.0. The number of allylic oxidation sites excluding steroid dienone is 2. The lowest BCUT2D eigenvalue weighted by atomic mass is 9.69. The quantitative estimate of drug-likeness (QED) is 0.277. The van der Waals surface area contributed by atoms with Crippen LogP contribution in [0.2, 0.25) is 5.02 Å². The Labute approximate surface area is 215 Å². The number of ketones is 1. The fraction of sp³-hybridized carbons (Fsp3) is 0.269. The van der Waals surface area contributed by atoms with Gasteiger partial charge in [-0.2, -0.15) is 0 Å². The molecule has 0 saturated heterocycles. The van der Waals surface area contributed by atoms with Gasteiger partial charge in [0, 0.05) is 38.9 Å². The van der Waals surface area contributed by atoms with Crippen LogP contribution in [0.1, 0.15) is 49.3 Å². The molecular weight excluding hydrogens is 534 g/mol. The molecule has 0 saturated carbocycles. The van der Waals surface area contributed by atoms with Gasteiger partial charge in [-0.1, -0.05) is 77.4 Å². The standard InChI is InChI=1S/C26H23BrClN3O2S/c1-26(2)11-18-21(19(32)12-26)20(15-6-8-16(27)9-7-15)22-23(29-18)30-25(31-24(22)33)34-13-14-4-3-5-17(28)10-14/h3-10,20H,11-13H2,1-2H3,(H2,29,30,31,33)/t20-/m0/s1. The first-order chi connectivity index (χ1) is 16.2. The van der Waals surface area contributed by atoms with Crippen molar-refractivity contribution in [2.45, 2.75) is 43.5 Å². The van der Waals surface area contributed by atoms with Crippen molar-refractivity contribution in [1.29, 1.82) is 0 Å². The summed E-state index contributed by atoms with van der Waals surface area (Å²) in [6.45, 7) is 4.19. The number of H-pyrrole nitrogens is 1. The maximum Gasteiger partial charge on any atom is 0.257 e. The maximum atomic E-state index is 13.4. The number of nitrogens with zero attached hydrogens (tertiary/aromatic N) is 1. The summed E-state index contributed by atoms with van der Waals surface area (Å²) < 4.78 is 0.940. The molecular formula is C26H23BrClN3O2S. The number of carbonyl (C=O) groups excluding carboxylic acids is 1. The zero-order chi connectivity index (χ0) is 24.0. The minimum absolute atomic E-state index is 0.0797. The third-order valence-corrected chi connectivity index (χ3v) is 7.88. The number of benzene rings is 2. The summed E-state index contributed by atoms with van der Waals surface area (Å²) in [7, 11) is 0. The second kappa shape index (κ2) is 9.02. The van der Waals surface area contributed by atoms with Gasteiger partial charge in [0.25, 0.3) is 5.56 Å². The van der Waals surface area contributed by atoms with Gasteiger partial charge in [-0.15, -0.1) is 0 Å². The van der Waals surface area contributed by atoms with Crippen LogP contribution < -0.4 is 10.9 Å². The molecule has 2 aromatic carbocycles. The summed E-state index contributed by atoms with van der Waals surface area (Å²) in [4.78, 5) is 34.4. The Hall–Kier alpha value is -2.35. The molecule has 0 bridgehead atoms. The summed E-state index contributed by atoms with van der Waals surface area (Å²) >= 11 is 11.0. The van der Waals surface area contributed by atoms with Crippen LogP contribution in [0.15, 0.2) is 74.2 Å². The van der Waals surface area contributed by atoms with Crippen molar-refractivity contribution < 1.29 is 4.79 Å². The molecule has 2 heterocycles. The highest BCUT2D eigenvalue weighted by Crippen LogP contribution is 2.47. The number of aromatic amines is 1. The van der Waals surface area contributed by atoms with Crippen LogP contribution >= 0.6 is 39.3 Å². The molecule has 8 heteroatoms. The van der Waals surface area contributed by atoms with Crippen LogP contribution in [-0.4, -0.2) is 15.8 Å². The average molecular weight is 557 g/mol. The van der Waals surface area contributed by atoms with E-state index in [1.165, 1.54) is 11.8 Å². The maximum absolute atomic E-state index is 13.4.